The Kier molecular flexibility index (Phi) is 5.81. The second kappa shape index (κ2) is 7.82. The highest BCUT2D eigenvalue weighted by atomic mass is 16.3. The molecule has 118 valence electrons. The monoisotopic (exact) mass is 301 g/mol. The molecule has 2 atom stereocenters. The quantitative estimate of drug-likeness (QED) is 0.633. The van der Waals surface area contributed by atoms with Crippen molar-refractivity contribution in [2.24, 2.45) is 11.7 Å². The van der Waals surface area contributed by atoms with Crippen LogP contribution in [0.1, 0.15) is 30.1 Å². The second-order valence-corrected chi connectivity index (χ2v) is 5.65. The third-order valence-electron chi connectivity index (χ3n) is 3.95. The summed E-state index contributed by atoms with van der Waals surface area (Å²) >= 11 is 0. The summed E-state index contributed by atoms with van der Waals surface area (Å²) in [4.78, 5) is 0. The van der Waals surface area contributed by atoms with E-state index in [2.05, 4.69) is 0 Å². The molecule has 0 saturated carbocycles. The fourth-order valence-corrected chi connectivity index (χ4v) is 2.51. The number of rotatable bonds is 7. The molecule has 0 aromatic heterocycles. The molecule has 0 saturated heterocycles. The molecule has 0 amide bonds. The van der Waals surface area contributed by atoms with Gasteiger partial charge in [-0.3, -0.25) is 0 Å². The number of nitrogens with two attached hydrogens (primary N) is 1. The van der Waals surface area contributed by atoms with Gasteiger partial charge in [-0.25, -0.2) is 0 Å². The Bertz CT molecular complexity index is 566. The van der Waals surface area contributed by atoms with Crippen molar-refractivity contribution >= 4 is 0 Å². The van der Waals surface area contributed by atoms with Gasteiger partial charge in [-0.2, -0.15) is 0 Å². The van der Waals surface area contributed by atoms with Crippen molar-refractivity contribution in [1.29, 1.82) is 0 Å². The van der Waals surface area contributed by atoms with Gasteiger partial charge in [-0.1, -0.05) is 24.3 Å². The van der Waals surface area contributed by atoms with Crippen LogP contribution >= 0.6 is 0 Å². The Balaban J connectivity index is 1.88. The van der Waals surface area contributed by atoms with Crippen molar-refractivity contribution in [2.45, 2.75) is 25.4 Å². The molecule has 2 aromatic rings. The van der Waals surface area contributed by atoms with Crippen molar-refractivity contribution in [2.75, 3.05) is 6.54 Å². The van der Waals surface area contributed by atoms with Crippen LogP contribution < -0.4 is 5.73 Å². The Hall–Kier alpha value is -2.04. The van der Waals surface area contributed by atoms with Gasteiger partial charge in [-0.15, -0.1) is 0 Å². The molecule has 0 aliphatic carbocycles. The molecule has 0 heterocycles. The molecule has 2 unspecified atom stereocenters. The predicted molar refractivity (Wildman–Crippen MR) is 86.7 cm³/mol. The average Bonchev–Trinajstić information content (AvgIpc) is 2.53. The molecule has 0 bridgehead atoms. The maximum absolute atomic E-state index is 10.3. The fraction of sp³-hybridized carbons (Fsp3) is 0.333. The minimum Gasteiger partial charge on any atom is -0.508 e. The van der Waals surface area contributed by atoms with Crippen molar-refractivity contribution in [3.63, 3.8) is 0 Å². The molecule has 2 rings (SSSR count). The van der Waals surface area contributed by atoms with E-state index in [-0.39, 0.29) is 17.4 Å². The van der Waals surface area contributed by atoms with Gasteiger partial charge < -0.3 is 21.1 Å². The number of aryl methyl sites for hydroxylation is 1. The van der Waals surface area contributed by atoms with Crippen LogP contribution in [0.2, 0.25) is 0 Å². The number of hydrogen-bond acceptors (Lipinski definition) is 4. The SMILES string of the molecule is NCC(CCc1ccc(O)cc1)CC(O)c1ccc(O)cc1. The maximum Gasteiger partial charge on any atom is 0.115 e. The summed E-state index contributed by atoms with van der Waals surface area (Å²) in [5.41, 5.74) is 7.76. The number of benzene rings is 2. The highest BCUT2D eigenvalue weighted by molar-refractivity contribution is 5.27. The molecule has 2 aromatic carbocycles. The second-order valence-electron chi connectivity index (χ2n) is 5.65. The molecule has 0 aliphatic heterocycles. The van der Waals surface area contributed by atoms with E-state index in [1.807, 2.05) is 12.1 Å². The number of aromatic hydroxyl groups is 2. The van der Waals surface area contributed by atoms with Crippen molar-refractivity contribution in [3.05, 3.63) is 59.7 Å². The van der Waals surface area contributed by atoms with Gasteiger partial charge in [0.1, 0.15) is 11.5 Å². The van der Waals surface area contributed by atoms with Crippen LogP contribution in [-0.2, 0) is 6.42 Å². The third kappa shape index (κ3) is 4.76. The predicted octanol–water partition coefficient (Wildman–Crippen LogP) is 2.73. The van der Waals surface area contributed by atoms with Crippen LogP contribution in [0.4, 0.5) is 0 Å². The topological polar surface area (TPSA) is 86.7 Å². The van der Waals surface area contributed by atoms with Gasteiger partial charge in [0.25, 0.3) is 0 Å². The van der Waals surface area contributed by atoms with Crippen LogP contribution in [-0.4, -0.2) is 21.9 Å². The normalized spacial score (nSPS) is 13.7. The molecule has 4 nitrogen and oxygen atoms in total. The lowest BCUT2D eigenvalue weighted by atomic mass is 9.91. The molecule has 0 aliphatic rings. The largest absolute Gasteiger partial charge is 0.508 e. The van der Waals surface area contributed by atoms with Gasteiger partial charge in [0.15, 0.2) is 0 Å². The van der Waals surface area contributed by atoms with Crippen LogP contribution in [0.25, 0.3) is 0 Å². The Labute approximate surface area is 130 Å². The summed E-state index contributed by atoms with van der Waals surface area (Å²) in [6, 6.07) is 13.8. The van der Waals surface area contributed by atoms with Crippen molar-refractivity contribution in [1.82, 2.24) is 0 Å². The minimum absolute atomic E-state index is 0.193. The lowest BCUT2D eigenvalue weighted by Gasteiger charge is -2.19. The van der Waals surface area contributed by atoms with Crippen LogP contribution in [0.5, 0.6) is 11.5 Å². The summed E-state index contributed by atoms with van der Waals surface area (Å²) in [6.07, 6.45) is 1.77. The van der Waals surface area contributed by atoms with Gasteiger partial charge in [0.05, 0.1) is 6.10 Å². The first kappa shape index (κ1) is 16.3. The molecule has 5 N–H and O–H groups in total. The zero-order valence-electron chi connectivity index (χ0n) is 12.5. The molecule has 0 spiro atoms. The molecular formula is C18H23NO3. The Morgan fingerprint density at radius 1 is 0.864 bits per heavy atom. The summed E-state index contributed by atoms with van der Waals surface area (Å²) < 4.78 is 0. The molecule has 0 fully saturated rings. The standard InChI is InChI=1S/C18H23NO3/c19-12-14(2-1-13-3-7-16(20)8-4-13)11-18(22)15-5-9-17(21)10-6-15/h3-10,14,18,20-22H,1-2,11-12,19H2. The van der Waals surface area contributed by atoms with E-state index in [1.165, 1.54) is 0 Å². The minimum atomic E-state index is -0.575. The van der Waals surface area contributed by atoms with Crippen molar-refractivity contribution < 1.29 is 15.3 Å². The van der Waals surface area contributed by atoms with Crippen LogP contribution in [0.3, 0.4) is 0 Å². The lowest BCUT2D eigenvalue weighted by molar-refractivity contribution is 0.143. The highest BCUT2D eigenvalue weighted by Gasteiger charge is 2.15. The van der Waals surface area contributed by atoms with E-state index in [0.29, 0.717) is 13.0 Å². The summed E-state index contributed by atoms with van der Waals surface area (Å²) in [7, 11) is 0. The maximum atomic E-state index is 10.3. The van der Waals surface area contributed by atoms with E-state index < -0.39 is 6.10 Å². The summed E-state index contributed by atoms with van der Waals surface area (Å²) in [5.74, 6) is 0.679. The summed E-state index contributed by atoms with van der Waals surface area (Å²) in [6.45, 7) is 0.521. The smallest absolute Gasteiger partial charge is 0.115 e. The number of aliphatic hydroxyl groups is 1. The number of phenolic OH excluding ortho intramolecular Hbond substituents is 2. The van der Waals surface area contributed by atoms with Gasteiger partial charge >= 0.3 is 0 Å². The third-order valence-corrected chi connectivity index (χ3v) is 3.95. The van der Waals surface area contributed by atoms with Crippen molar-refractivity contribution in [3.8, 4) is 11.5 Å². The van der Waals surface area contributed by atoms with E-state index in [1.54, 1.807) is 36.4 Å². The number of aliphatic hydroxyl groups excluding tert-OH is 1. The Morgan fingerprint density at radius 3 is 1.95 bits per heavy atom. The molecule has 4 heteroatoms. The Morgan fingerprint density at radius 2 is 1.41 bits per heavy atom. The van der Waals surface area contributed by atoms with E-state index in [0.717, 1.165) is 24.0 Å². The van der Waals surface area contributed by atoms with Crippen LogP contribution in [0, 0.1) is 5.92 Å². The van der Waals surface area contributed by atoms with Crippen LogP contribution in [0.15, 0.2) is 48.5 Å². The first-order chi connectivity index (χ1) is 10.6. The fourth-order valence-electron chi connectivity index (χ4n) is 2.51. The highest BCUT2D eigenvalue weighted by Crippen LogP contribution is 2.25. The van der Waals surface area contributed by atoms with Gasteiger partial charge in [-0.05, 0) is 67.1 Å². The van der Waals surface area contributed by atoms with E-state index >= 15 is 0 Å². The zero-order valence-corrected chi connectivity index (χ0v) is 12.5. The molecule has 22 heavy (non-hydrogen) atoms. The zero-order chi connectivity index (χ0) is 15.9. The molecule has 0 radical (unpaired) electrons. The number of phenols is 2. The summed E-state index contributed by atoms with van der Waals surface area (Å²) in [5, 5.41) is 28.8. The first-order valence-corrected chi connectivity index (χ1v) is 7.53. The van der Waals surface area contributed by atoms with Gasteiger partial charge in [0.2, 0.25) is 0 Å². The van der Waals surface area contributed by atoms with E-state index in [9.17, 15) is 15.3 Å². The first-order valence-electron chi connectivity index (χ1n) is 7.53. The molecular weight excluding hydrogens is 278 g/mol. The average molecular weight is 301 g/mol. The van der Waals surface area contributed by atoms with E-state index in [4.69, 9.17) is 5.73 Å². The number of hydrogen-bond donors (Lipinski definition) is 4. The van der Waals surface area contributed by atoms with Gasteiger partial charge in [0, 0.05) is 0 Å². The lowest BCUT2D eigenvalue weighted by Crippen LogP contribution is -2.18.